The van der Waals surface area contributed by atoms with E-state index in [4.69, 9.17) is 0 Å². The van der Waals surface area contributed by atoms with Gasteiger partial charge in [0.2, 0.25) is 5.91 Å². The number of rotatable bonds is 8. The van der Waals surface area contributed by atoms with Gasteiger partial charge in [0.05, 0.1) is 23.2 Å². The van der Waals surface area contributed by atoms with Crippen LogP contribution in [-0.4, -0.2) is 47.8 Å². The summed E-state index contributed by atoms with van der Waals surface area (Å²) in [4.78, 5) is 34.6. The lowest BCUT2D eigenvalue weighted by Gasteiger charge is -2.20. The molecule has 1 N–H and O–H groups in total. The van der Waals surface area contributed by atoms with Crippen molar-refractivity contribution in [3.05, 3.63) is 101 Å². The molecule has 180 valence electrons. The Morgan fingerprint density at radius 2 is 1.64 bits per heavy atom. The minimum Gasteiger partial charge on any atom is -0.335 e. The van der Waals surface area contributed by atoms with E-state index in [1.807, 2.05) is 78.2 Å². The number of amides is 1. The quantitative estimate of drug-likeness (QED) is 0.322. The summed E-state index contributed by atoms with van der Waals surface area (Å²) < 4.78 is 1.96. The molecule has 0 aliphatic heterocycles. The van der Waals surface area contributed by atoms with Gasteiger partial charge >= 0.3 is 0 Å². The van der Waals surface area contributed by atoms with Crippen LogP contribution in [0.15, 0.2) is 94.9 Å². The number of aromatic nitrogens is 5. The monoisotopic (exact) mass is 496 g/mol. The van der Waals surface area contributed by atoms with Gasteiger partial charge < -0.3 is 9.88 Å². The number of aromatic amines is 1. The summed E-state index contributed by atoms with van der Waals surface area (Å²) in [5, 5.41) is 9.99. The Hall–Kier alpha value is -4.24. The highest BCUT2D eigenvalue weighted by Gasteiger charge is 2.20. The number of nitrogens with one attached hydrogen (secondary N) is 1. The van der Waals surface area contributed by atoms with Crippen molar-refractivity contribution >= 4 is 28.6 Å². The molecule has 9 heteroatoms. The first-order chi connectivity index (χ1) is 17.6. The molecule has 8 nitrogen and oxygen atoms in total. The zero-order valence-electron chi connectivity index (χ0n) is 19.7. The fourth-order valence-electron chi connectivity index (χ4n) is 3.93. The van der Waals surface area contributed by atoms with Gasteiger partial charge in [0, 0.05) is 17.8 Å². The molecule has 36 heavy (non-hydrogen) atoms. The summed E-state index contributed by atoms with van der Waals surface area (Å²) in [6.07, 6.45) is 0. The van der Waals surface area contributed by atoms with E-state index in [0.717, 1.165) is 11.3 Å². The van der Waals surface area contributed by atoms with Crippen LogP contribution >= 0.6 is 11.8 Å². The zero-order chi connectivity index (χ0) is 24.9. The van der Waals surface area contributed by atoms with Gasteiger partial charge in [0.15, 0.2) is 11.0 Å². The molecule has 3 aromatic carbocycles. The van der Waals surface area contributed by atoms with Gasteiger partial charge in [-0.25, -0.2) is 4.98 Å². The second-order valence-corrected chi connectivity index (χ2v) is 9.01. The van der Waals surface area contributed by atoms with E-state index in [1.165, 1.54) is 11.8 Å². The lowest BCUT2D eigenvalue weighted by atomic mass is 10.2. The van der Waals surface area contributed by atoms with Gasteiger partial charge in [-0.2, -0.15) is 0 Å². The molecule has 0 radical (unpaired) electrons. The molecule has 0 saturated heterocycles. The fraction of sp³-hybridized carbons (Fsp3) is 0.148. The van der Waals surface area contributed by atoms with Crippen LogP contribution in [0.1, 0.15) is 12.7 Å². The van der Waals surface area contributed by atoms with Crippen molar-refractivity contribution in [3.63, 3.8) is 0 Å². The molecular formula is C27H24N6O2S. The molecule has 2 aromatic heterocycles. The van der Waals surface area contributed by atoms with Crippen molar-refractivity contribution in [2.75, 3.05) is 12.3 Å². The third-order valence-corrected chi connectivity index (χ3v) is 6.66. The highest BCUT2D eigenvalue weighted by Crippen LogP contribution is 2.28. The Bertz CT molecular complexity index is 1550. The number of H-pyrrole nitrogens is 1. The predicted octanol–water partition coefficient (Wildman–Crippen LogP) is 4.31. The minimum absolute atomic E-state index is 0.0813. The molecule has 0 aliphatic carbocycles. The number of nitrogens with zero attached hydrogens (tertiary/aromatic N) is 5. The molecule has 0 aliphatic rings. The SMILES string of the molecule is CCN(Cc1nc2ccccc2c(=O)[nH]1)C(=O)CSc1nnc(-c2ccccc2)n1-c1ccccc1. The fourth-order valence-corrected chi connectivity index (χ4v) is 4.79. The van der Waals surface area contributed by atoms with Crippen molar-refractivity contribution in [2.45, 2.75) is 18.6 Å². The van der Waals surface area contributed by atoms with Crippen LogP contribution in [0.3, 0.4) is 0 Å². The van der Waals surface area contributed by atoms with Crippen LogP contribution in [0.2, 0.25) is 0 Å². The Labute approximate surface area is 212 Å². The summed E-state index contributed by atoms with van der Waals surface area (Å²) in [5.74, 6) is 1.26. The van der Waals surface area contributed by atoms with Gasteiger partial charge in [-0.3, -0.25) is 14.2 Å². The predicted molar refractivity (Wildman–Crippen MR) is 141 cm³/mol. The average molecular weight is 497 g/mol. The van der Waals surface area contributed by atoms with Crippen LogP contribution < -0.4 is 5.56 Å². The molecule has 0 fully saturated rings. The van der Waals surface area contributed by atoms with Crippen molar-refractivity contribution in [1.29, 1.82) is 0 Å². The largest absolute Gasteiger partial charge is 0.335 e. The molecule has 2 heterocycles. The van der Waals surface area contributed by atoms with Gasteiger partial charge in [0.1, 0.15) is 5.82 Å². The smallest absolute Gasteiger partial charge is 0.258 e. The van der Waals surface area contributed by atoms with E-state index in [9.17, 15) is 9.59 Å². The van der Waals surface area contributed by atoms with Crippen molar-refractivity contribution in [1.82, 2.24) is 29.6 Å². The van der Waals surface area contributed by atoms with E-state index < -0.39 is 0 Å². The molecule has 5 rings (SSSR count). The standard InChI is InChI=1S/C27H24N6O2S/c1-2-32(17-23-28-22-16-10-9-15-21(22)26(35)29-23)24(34)18-36-27-31-30-25(19-11-5-3-6-12-19)33(27)20-13-7-4-8-14-20/h3-16H,2,17-18H2,1H3,(H,28,29,35). The number of thioether (sulfide) groups is 1. The summed E-state index contributed by atoms with van der Waals surface area (Å²) >= 11 is 1.33. The zero-order valence-corrected chi connectivity index (χ0v) is 20.5. The van der Waals surface area contributed by atoms with Crippen LogP contribution in [0.5, 0.6) is 0 Å². The van der Waals surface area contributed by atoms with Crippen molar-refractivity contribution < 1.29 is 4.79 Å². The summed E-state index contributed by atoms with van der Waals surface area (Å²) in [6, 6.07) is 26.9. The molecular weight excluding hydrogens is 472 g/mol. The van der Waals surface area contributed by atoms with Gasteiger partial charge in [-0.15, -0.1) is 10.2 Å². The molecule has 0 saturated carbocycles. The Kier molecular flexibility index (Phi) is 6.90. The summed E-state index contributed by atoms with van der Waals surface area (Å²) in [5.41, 5.74) is 2.26. The Morgan fingerprint density at radius 3 is 2.39 bits per heavy atom. The first-order valence-electron chi connectivity index (χ1n) is 11.6. The third-order valence-electron chi connectivity index (χ3n) is 5.74. The highest BCUT2D eigenvalue weighted by atomic mass is 32.2. The van der Waals surface area contributed by atoms with Crippen LogP contribution in [-0.2, 0) is 11.3 Å². The van der Waals surface area contributed by atoms with E-state index in [-0.39, 0.29) is 23.8 Å². The highest BCUT2D eigenvalue weighted by molar-refractivity contribution is 7.99. The molecule has 0 bridgehead atoms. The Morgan fingerprint density at radius 1 is 0.944 bits per heavy atom. The molecule has 0 spiro atoms. The maximum Gasteiger partial charge on any atom is 0.258 e. The number of carbonyl (C=O) groups is 1. The lowest BCUT2D eigenvalue weighted by Crippen LogP contribution is -2.33. The normalized spacial score (nSPS) is 11.0. The van der Waals surface area contributed by atoms with Crippen molar-refractivity contribution in [2.24, 2.45) is 0 Å². The lowest BCUT2D eigenvalue weighted by molar-refractivity contribution is -0.128. The van der Waals surface area contributed by atoms with E-state index >= 15 is 0 Å². The maximum atomic E-state index is 13.2. The number of fused-ring (bicyclic) bond motifs is 1. The molecule has 5 aromatic rings. The third kappa shape index (κ3) is 4.92. The number of hydrogen-bond donors (Lipinski definition) is 1. The summed E-state index contributed by atoms with van der Waals surface area (Å²) in [7, 11) is 0. The topological polar surface area (TPSA) is 96.8 Å². The number of benzene rings is 3. The number of carbonyl (C=O) groups excluding carboxylic acids is 1. The number of para-hydroxylation sites is 2. The van der Waals surface area contributed by atoms with Gasteiger partial charge in [-0.1, -0.05) is 72.4 Å². The second-order valence-electron chi connectivity index (χ2n) is 8.07. The summed E-state index contributed by atoms with van der Waals surface area (Å²) in [6.45, 7) is 2.61. The van der Waals surface area contributed by atoms with E-state index in [0.29, 0.717) is 34.3 Å². The first-order valence-corrected chi connectivity index (χ1v) is 12.6. The van der Waals surface area contributed by atoms with Gasteiger partial charge in [0.25, 0.3) is 5.56 Å². The van der Waals surface area contributed by atoms with E-state index in [1.54, 1.807) is 23.1 Å². The van der Waals surface area contributed by atoms with Crippen LogP contribution in [0, 0.1) is 0 Å². The molecule has 1 amide bonds. The maximum absolute atomic E-state index is 13.2. The Balaban J connectivity index is 1.36. The van der Waals surface area contributed by atoms with Gasteiger partial charge in [-0.05, 0) is 31.2 Å². The van der Waals surface area contributed by atoms with Crippen LogP contribution in [0.4, 0.5) is 0 Å². The van der Waals surface area contributed by atoms with Crippen LogP contribution in [0.25, 0.3) is 28.0 Å². The van der Waals surface area contributed by atoms with Crippen molar-refractivity contribution in [3.8, 4) is 17.1 Å². The molecule has 0 atom stereocenters. The number of hydrogen-bond acceptors (Lipinski definition) is 6. The molecule has 0 unspecified atom stereocenters. The second kappa shape index (κ2) is 10.6. The first kappa shape index (κ1) is 23.5. The van der Waals surface area contributed by atoms with E-state index in [2.05, 4.69) is 20.2 Å². The minimum atomic E-state index is -0.210. The average Bonchev–Trinajstić information content (AvgIpc) is 3.35.